The molecule has 1 spiro atoms. The summed E-state index contributed by atoms with van der Waals surface area (Å²) in [5, 5.41) is 0. The molecule has 3 aliphatic rings. The Morgan fingerprint density at radius 2 is 1.11 bits per heavy atom. The van der Waals surface area contributed by atoms with Crippen molar-refractivity contribution in [1.29, 1.82) is 0 Å². The fourth-order valence-corrected chi connectivity index (χ4v) is 9.29. The molecular formula is C33H32NO3P. The first-order valence-electron chi connectivity index (χ1n) is 13.6. The summed E-state index contributed by atoms with van der Waals surface area (Å²) in [7, 11) is -3.91. The Labute approximate surface area is 224 Å². The molecule has 0 bridgehead atoms. The van der Waals surface area contributed by atoms with Crippen LogP contribution < -0.4 is 9.05 Å². The molecule has 38 heavy (non-hydrogen) atoms. The number of rotatable bonds is 5. The molecule has 0 saturated carbocycles. The van der Waals surface area contributed by atoms with Gasteiger partial charge >= 0.3 is 7.75 Å². The van der Waals surface area contributed by atoms with Crippen molar-refractivity contribution in [2.45, 2.75) is 57.0 Å². The molecule has 4 aromatic rings. The van der Waals surface area contributed by atoms with Gasteiger partial charge in [0.15, 0.2) is 0 Å². The number of benzene rings is 4. The molecule has 5 heteroatoms. The molecular weight excluding hydrogens is 489 g/mol. The van der Waals surface area contributed by atoms with E-state index < -0.39 is 7.75 Å². The highest BCUT2D eigenvalue weighted by atomic mass is 31.2. The first-order chi connectivity index (χ1) is 18.5. The van der Waals surface area contributed by atoms with Crippen molar-refractivity contribution in [1.82, 2.24) is 4.67 Å². The van der Waals surface area contributed by atoms with Gasteiger partial charge in [-0.3, -0.25) is 0 Å². The molecule has 1 heterocycles. The quantitative estimate of drug-likeness (QED) is 0.247. The molecule has 0 N–H and O–H groups in total. The summed E-state index contributed by atoms with van der Waals surface area (Å²) in [5.41, 5.74) is 7.03. The Morgan fingerprint density at radius 3 is 1.55 bits per heavy atom. The topological polar surface area (TPSA) is 38.8 Å². The van der Waals surface area contributed by atoms with Crippen LogP contribution in [0.1, 0.15) is 72.2 Å². The van der Waals surface area contributed by atoms with Gasteiger partial charge in [0.25, 0.3) is 0 Å². The average Bonchev–Trinajstić information content (AvgIpc) is 3.51. The van der Waals surface area contributed by atoms with Gasteiger partial charge in [-0.25, -0.2) is 4.57 Å². The van der Waals surface area contributed by atoms with Gasteiger partial charge in [0.1, 0.15) is 11.5 Å². The fraction of sp³-hybridized carbons (Fsp3) is 0.273. The van der Waals surface area contributed by atoms with Crippen LogP contribution in [0.2, 0.25) is 0 Å². The van der Waals surface area contributed by atoms with Crippen LogP contribution in [0.15, 0.2) is 97.1 Å². The normalized spacial score (nSPS) is 19.3. The summed E-state index contributed by atoms with van der Waals surface area (Å²) >= 11 is 0. The number of hydrogen-bond acceptors (Lipinski definition) is 3. The zero-order valence-corrected chi connectivity index (χ0v) is 22.7. The lowest BCUT2D eigenvalue weighted by Crippen LogP contribution is -2.33. The van der Waals surface area contributed by atoms with E-state index in [0.29, 0.717) is 11.5 Å². The maximum atomic E-state index is 15.4. The molecule has 4 nitrogen and oxygen atoms in total. The maximum absolute atomic E-state index is 15.4. The van der Waals surface area contributed by atoms with Gasteiger partial charge in [-0.05, 0) is 73.9 Å². The summed E-state index contributed by atoms with van der Waals surface area (Å²) in [6, 6.07) is 32.4. The monoisotopic (exact) mass is 521 g/mol. The van der Waals surface area contributed by atoms with Crippen molar-refractivity contribution < 1.29 is 13.6 Å². The Bertz CT molecular complexity index is 1440. The Hall–Kier alpha value is -3.33. The van der Waals surface area contributed by atoms with Crippen LogP contribution in [0.3, 0.4) is 0 Å². The number of hydrogen-bond donors (Lipinski definition) is 0. The maximum Gasteiger partial charge on any atom is 0.516 e. The zero-order chi connectivity index (χ0) is 25.9. The van der Waals surface area contributed by atoms with Crippen LogP contribution in [0.5, 0.6) is 11.5 Å². The van der Waals surface area contributed by atoms with E-state index >= 15 is 4.57 Å². The Balaban J connectivity index is 1.45. The van der Waals surface area contributed by atoms with E-state index in [-0.39, 0.29) is 17.5 Å². The molecule has 0 amide bonds. The SMILES string of the molecule is CC(c1ccccc1)N(C(C)c1ccccc1)P1(=O)Oc2cccc3c2C2(CC3)CCc3cccc(c32)O1. The smallest absolute Gasteiger partial charge is 0.404 e. The highest BCUT2D eigenvalue weighted by Gasteiger charge is 2.53. The minimum absolute atomic E-state index is 0.135. The molecule has 0 fully saturated rings. The molecule has 0 radical (unpaired) electrons. The largest absolute Gasteiger partial charge is 0.516 e. The van der Waals surface area contributed by atoms with Crippen molar-refractivity contribution in [2.24, 2.45) is 0 Å². The number of nitrogens with zero attached hydrogens (tertiary/aromatic N) is 1. The summed E-state index contributed by atoms with van der Waals surface area (Å²) in [6.07, 6.45) is 4.06. The summed E-state index contributed by atoms with van der Waals surface area (Å²) in [4.78, 5) is 0. The van der Waals surface area contributed by atoms with Gasteiger partial charge in [-0.2, -0.15) is 4.67 Å². The van der Waals surface area contributed by atoms with Crippen molar-refractivity contribution >= 4 is 7.75 Å². The molecule has 2 unspecified atom stereocenters. The van der Waals surface area contributed by atoms with Gasteiger partial charge in [-0.15, -0.1) is 0 Å². The average molecular weight is 522 g/mol. The molecule has 192 valence electrons. The predicted octanol–water partition coefficient (Wildman–Crippen LogP) is 8.57. The van der Waals surface area contributed by atoms with Crippen LogP contribution in [0, 0.1) is 0 Å². The highest BCUT2D eigenvalue weighted by Crippen LogP contribution is 2.66. The van der Waals surface area contributed by atoms with Crippen molar-refractivity contribution in [3.05, 3.63) is 130 Å². The van der Waals surface area contributed by atoms with Gasteiger partial charge in [-0.1, -0.05) is 84.9 Å². The first-order valence-corrected chi connectivity index (χ1v) is 15.1. The fourth-order valence-electron chi connectivity index (χ4n) is 7.14. The summed E-state index contributed by atoms with van der Waals surface area (Å²) < 4.78 is 30.8. The molecule has 7 rings (SSSR count). The van der Waals surface area contributed by atoms with Crippen LogP contribution in [-0.2, 0) is 22.8 Å². The second-order valence-corrected chi connectivity index (χ2v) is 12.6. The summed E-state index contributed by atoms with van der Waals surface area (Å²) in [6.45, 7) is 4.18. The lowest BCUT2D eigenvalue weighted by Gasteiger charge is -2.41. The zero-order valence-electron chi connectivity index (χ0n) is 21.8. The molecule has 4 aromatic carbocycles. The van der Waals surface area contributed by atoms with Crippen LogP contribution in [0.4, 0.5) is 0 Å². The molecule has 2 atom stereocenters. The van der Waals surface area contributed by atoms with E-state index in [1.165, 1.54) is 22.3 Å². The van der Waals surface area contributed by atoms with Crippen LogP contribution in [0.25, 0.3) is 0 Å². The molecule has 2 aliphatic carbocycles. The van der Waals surface area contributed by atoms with E-state index in [1.54, 1.807) is 0 Å². The number of aryl methyl sites for hydroxylation is 2. The highest BCUT2D eigenvalue weighted by molar-refractivity contribution is 7.52. The first kappa shape index (κ1) is 23.8. The van der Waals surface area contributed by atoms with E-state index in [1.807, 2.05) is 65.3 Å². The third-order valence-corrected chi connectivity index (χ3v) is 11.0. The van der Waals surface area contributed by atoms with E-state index in [9.17, 15) is 0 Å². The Kier molecular flexibility index (Phi) is 5.54. The van der Waals surface area contributed by atoms with E-state index in [2.05, 4.69) is 50.2 Å². The van der Waals surface area contributed by atoms with Gasteiger partial charge in [0.05, 0.1) is 0 Å². The predicted molar refractivity (Wildman–Crippen MR) is 151 cm³/mol. The second-order valence-electron chi connectivity index (χ2n) is 10.9. The van der Waals surface area contributed by atoms with E-state index in [0.717, 1.165) is 36.8 Å². The minimum Gasteiger partial charge on any atom is -0.404 e. The van der Waals surface area contributed by atoms with Crippen LogP contribution >= 0.6 is 7.75 Å². The second kappa shape index (κ2) is 8.86. The Morgan fingerprint density at radius 1 is 0.658 bits per heavy atom. The third kappa shape index (κ3) is 3.51. The lowest BCUT2D eigenvalue weighted by atomic mass is 9.76. The molecule has 0 aromatic heterocycles. The van der Waals surface area contributed by atoms with E-state index in [4.69, 9.17) is 9.05 Å². The standard InChI is InChI=1S/C33H32NO3P/c1-23(25-11-5-3-6-12-25)34(24(2)26-13-7-4-8-14-26)38(35)36-29-17-9-15-27-19-21-33(31(27)29)22-20-28-16-10-18-30(37-38)32(28)33/h3-18,23-24H,19-22H2,1-2H3. The lowest BCUT2D eigenvalue weighted by molar-refractivity contribution is 0.203. The third-order valence-electron chi connectivity index (χ3n) is 8.89. The van der Waals surface area contributed by atoms with Crippen molar-refractivity contribution in [3.63, 3.8) is 0 Å². The molecule has 0 saturated heterocycles. The van der Waals surface area contributed by atoms with Crippen LogP contribution in [-0.4, -0.2) is 4.67 Å². The molecule has 1 aliphatic heterocycles. The van der Waals surface area contributed by atoms with Gasteiger partial charge < -0.3 is 9.05 Å². The van der Waals surface area contributed by atoms with Gasteiger partial charge in [0.2, 0.25) is 0 Å². The summed E-state index contributed by atoms with van der Waals surface area (Å²) in [5.74, 6) is 1.41. The minimum atomic E-state index is -3.91. The van der Waals surface area contributed by atoms with Crippen molar-refractivity contribution in [3.8, 4) is 11.5 Å². The van der Waals surface area contributed by atoms with Gasteiger partial charge in [0, 0.05) is 28.6 Å². The van der Waals surface area contributed by atoms with Crippen molar-refractivity contribution in [2.75, 3.05) is 0 Å².